The van der Waals surface area contributed by atoms with E-state index in [0.717, 1.165) is 16.5 Å². The largest absolute Gasteiger partial charge is 0.366 e. The van der Waals surface area contributed by atoms with Crippen LogP contribution in [0.15, 0.2) is 30.5 Å². The Kier molecular flexibility index (Phi) is 1.93. The zero-order chi connectivity index (χ0) is 10.1. The molecule has 0 atom stereocenters. The van der Waals surface area contributed by atoms with E-state index in [2.05, 4.69) is 4.98 Å². The van der Waals surface area contributed by atoms with Crippen LogP contribution in [0.25, 0.3) is 10.8 Å². The molecule has 0 aliphatic rings. The first-order valence-electron chi connectivity index (χ1n) is 4.33. The fourth-order valence-electron chi connectivity index (χ4n) is 1.48. The Morgan fingerprint density at radius 2 is 2.14 bits per heavy atom. The van der Waals surface area contributed by atoms with Crippen molar-refractivity contribution in [1.29, 1.82) is 0 Å². The Balaban J connectivity index is 2.73. The summed E-state index contributed by atoms with van der Waals surface area (Å²) >= 11 is 0. The van der Waals surface area contributed by atoms with Gasteiger partial charge in [-0.2, -0.15) is 0 Å². The Morgan fingerprint density at radius 3 is 2.86 bits per heavy atom. The van der Waals surface area contributed by atoms with Crippen molar-refractivity contribution in [3.63, 3.8) is 0 Å². The first kappa shape index (κ1) is 8.69. The van der Waals surface area contributed by atoms with Gasteiger partial charge in [0, 0.05) is 22.8 Å². The number of carbonyl (C=O) groups is 1. The summed E-state index contributed by atoms with van der Waals surface area (Å²) in [5, 5.41) is 2.05. The molecule has 0 spiro atoms. The molecule has 0 saturated heterocycles. The summed E-state index contributed by atoms with van der Waals surface area (Å²) in [6.07, 6.45) is 1.72. The minimum absolute atomic E-state index is 0.402. The van der Waals surface area contributed by atoms with E-state index in [4.69, 9.17) is 5.73 Å². The molecule has 0 aliphatic carbocycles. The van der Waals surface area contributed by atoms with Crippen molar-refractivity contribution in [3.8, 4) is 0 Å². The van der Waals surface area contributed by atoms with Crippen molar-refractivity contribution in [1.82, 2.24) is 4.98 Å². The van der Waals surface area contributed by atoms with Gasteiger partial charge in [-0.15, -0.1) is 0 Å². The number of nitrogens with two attached hydrogens (primary N) is 1. The summed E-state index contributed by atoms with van der Waals surface area (Å²) in [5.41, 5.74) is 6.68. The summed E-state index contributed by atoms with van der Waals surface area (Å²) in [4.78, 5) is 15.1. The second kappa shape index (κ2) is 3.10. The third kappa shape index (κ3) is 1.33. The average Bonchev–Trinajstić information content (AvgIpc) is 2.17. The van der Waals surface area contributed by atoms with Crippen molar-refractivity contribution >= 4 is 16.7 Å². The summed E-state index contributed by atoms with van der Waals surface area (Å²) in [5.74, 6) is -0.402. The van der Waals surface area contributed by atoms with Crippen LogP contribution in [0.5, 0.6) is 0 Å². The van der Waals surface area contributed by atoms with E-state index in [1.807, 2.05) is 19.1 Å². The normalized spacial score (nSPS) is 10.4. The van der Waals surface area contributed by atoms with Gasteiger partial charge >= 0.3 is 0 Å². The number of pyridine rings is 1. The SMILES string of the molecule is Cc1nccc2cc(C(N)=O)ccc12. The van der Waals surface area contributed by atoms with Gasteiger partial charge in [0.1, 0.15) is 0 Å². The highest BCUT2D eigenvalue weighted by Gasteiger charge is 2.02. The number of nitrogens with zero attached hydrogens (tertiary/aromatic N) is 1. The van der Waals surface area contributed by atoms with E-state index in [9.17, 15) is 4.79 Å². The van der Waals surface area contributed by atoms with Gasteiger partial charge in [-0.05, 0) is 30.5 Å². The maximum Gasteiger partial charge on any atom is 0.248 e. The van der Waals surface area contributed by atoms with Crippen LogP contribution in [0.4, 0.5) is 0 Å². The summed E-state index contributed by atoms with van der Waals surface area (Å²) < 4.78 is 0. The van der Waals surface area contributed by atoms with Gasteiger partial charge in [-0.1, -0.05) is 6.07 Å². The molecule has 2 N–H and O–H groups in total. The lowest BCUT2D eigenvalue weighted by atomic mass is 10.1. The van der Waals surface area contributed by atoms with Crippen molar-refractivity contribution in [2.75, 3.05) is 0 Å². The highest BCUT2D eigenvalue weighted by molar-refractivity contribution is 5.97. The zero-order valence-corrected chi connectivity index (χ0v) is 7.82. The Labute approximate surface area is 81.6 Å². The van der Waals surface area contributed by atoms with Gasteiger partial charge in [0.25, 0.3) is 0 Å². The van der Waals surface area contributed by atoms with Crippen molar-refractivity contribution < 1.29 is 4.79 Å². The number of primary amides is 1. The highest BCUT2D eigenvalue weighted by Crippen LogP contribution is 2.17. The van der Waals surface area contributed by atoms with Gasteiger partial charge in [0.05, 0.1) is 0 Å². The van der Waals surface area contributed by atoms with E-state index in [-0.39, 0.29) is 0 Å². The van der Waals surface area contributed by atoms with E-state index in [1.165, 1.54) is 0 Å². The number of fused-ring (bicyclic) bond motifs is 1. The van der Waals surface area contributed by atoms with Gasteiger partial charge < -0.3 is 5.73 Å². The van der Waals surface area contributed by atoms with E-state index >= 15 is 0 Å². The molecule has 0 aliphatic heterocycles. The third-order valence-electron chi connectivity index (χ3n) is 2.25. The highest BCUT2D eigenvalue weighted by atomic mass is 16.1. The molecular formula is C11H10N2O. The lowest BCUT2D eigenvalue weighted by Gasteiger charge is -2.02. The molecule has 3 nitrogen and oxygen atoms in total. The van der Waals surface area contributed by atoms with E-state index in [0.29, 0.717) is 5.56 Å². The predicted octanol–water partition coefficient (Wildman–Crippen LogP) is 1.64. The molecule has 0 bridgehead atoms. The number of hydrogen-bond acceptors (Lipinski definition) is 2. The fraction of sp³-hybridized carbons (Fsp3) is 0.0909. The number of hydrogen-bond donors (Lipinski definition) is 1. The summed E-state index contributed by atoms with van der Waals surface area (Å²) in [7, 11) is 0. The minimum Gasteiger partial charge on any atom is -0.366 e. The topological polar surface area (TPSA) is 56.0 Å². The molecule has 14 heavy (non-hydrogen) atoms. The van der Waals surface area contributed by atoms with E-state index < -0.39 is 5.91 Å². The molecule has 1 heterocycles. The van der Waals surface area contributed by atoms with Crippen LogP contribution in [0, 0.1) is 6.92 Å². The van der Waals surface area contributed by atoms with Crippen LogP contribution >= 0.6 is 0 Å². The molecule has 0 radical (unpaired) electrons. The average molecular weight is 186 g/mol. The Bertz CT molecular complexity index is 506. The quantitative estimate of drug-likeness (QED) is 0.736. The number of rotatable bonds is 1. The molecule has 1 amide bonds. The molecule has 0 unspecified atom stereocenters. The minimum atomic E-state index is -0.402. The molecule has 2 aromatic rings. The molecule has 0 fully saturated rings. The third-order valence-corrected chi connectivity index (χ3v) is 2.25. The van der Waals surface area contributed by atoms with Crippen LogP contribution in [0.1, 0.15) is 16.1 Å². The van der Waals surface area contributed by atoms with Crippen molar-refractivity contribution in [2.24, 2.45) is 5.73 Å². The van der Waals surface area contributed by atoms with Gasteiger partial charge in [0.15, 0.2) is 0 Å². The lowest BCUT2D eigenvalue weighted by molar-refractivity contribution is 0.100. The number of benzene rings is 1. The maximum absolute atomic E-state index is 10.9. The summed E-state index contributed by atoms with van der Waals surface area (Å²) in [6, 6.07) is 7.25. The van der Waals surface area contributed by atoms with Crippen LogP contribution in [0.3, 0.4) is 0 Å². The van der Waals surface area contributed by atoms with Crippen LogP contribution in [0.2, 0.25) is 0 Å². The maximum atomic E-state index is 10.9. The van der Waals surface area contributed by atoms with Gasteiger partial charge in [0.2, 0.25) is 5.91 Å². The molecule has 1 aromatic carbocycles. The second-order valence-corrected chi connectivity index (χ2v) is 3.20. The smallest absolute Gasteiger partial charge is 0.248 e. The predicted molar refractivity (Wildman–Crippen MR) is 55.0 cm³/mol. The van der Waals surface area contributed by atoms with Gasteiger partial charge in [-0.25, -0.2) is 0 Å². The summed E-state index contributed by atoms with van der Waals surface area (Å²) in [6.45, 7) is 1.94. The van der Waals surface area contributed by atoms with Crippen LogP contribution < -0.4 is 5.73 Å². The lowest BCUT2D eigenvalue weighted by Crippen LogP contribution is -2.10. The molecule has 0 saturated carbocycles. The number of aryl methyl sites for hydroxylation is 1. The first-order valence-corrected chi connectivity index (χ1v) is 4.33. The number of aromatic nitrogens is 1. The molecule has 1 aromatic heterocycles. The molecular weight excluding hydrogens is 176 g/mol. The second-order valence-electron chi connectivity index (χ2n) is 3.20. The fourth-order valence-corrected chi connectivity index (χ4v) is 1.48. The van der Waals surface area contributed by atoms with Crippen LogP contribution in [-0.2, 0) is 0 Å². The Hall–Kier alpha value is -1.90. The van der Waals surface area contributed by atoms with Crippen LogP contribution in [-0.4, -0.2) is 10.9 Å². The van der Waals surface area contributed by atoms with Crippen molar-refractivity contribution in [2.45, 2.75) is 6.92 Å². The molecule has 70 valence electrons. The zero-order valence-electron chi connectivity index (χ0n) is 7.82. The number of amides is 1. The standard InChI is InChI=1S/C11H10N2O/c1-7-10-3-2-9(11(12)14)6-8(10)4-5-13-7/h2-6H,1H3,(H2,12,14). The molecule has 3 heteroatoms. The molecule has 2 rings (SSSR count). The monoisotopic (exact) mass is 186 g/mol. The van der Waals surface area contributed by atoms with Gasteiger partial charge in [-0.3, -0.25) is 9.78 Å². The first-order chi connectivity index (χ1) is 6.68. The Morgan fingerprint density at radius 1 is 1.36 bits per heavy atom. The number of carbonyl (C=O) groups excluding carboxylic acids is 1. The van der Waals surface area contributed by atoms with E-state index in [1.54, 1.807) is 18.3 Å². The van der Waals surface area contributed by atoms with Crippen molar-refractivity contribution in [3.05, 3.63) is 41.7 Å².